The number of amides is 1. The number of nitrogens with one attached hydrogen (secondary N) is 1. The maximum absolute atomic E-state index is 13.3. The number of nitrogens with zero attached hydrogens (tertiary/aromatic N) is 3. The van der Waals surface area contributed by atoms with Crippen LogP contribution in [0.4, 0.5) is 5.69 Å². The van der Waals surface area contributed by atoms with Crippen LogP contribution in [0.5, 0.6) is 5.75 Å². The van der Waals surface area contributed by atoms with Crippen molar-refractivity contribution >= 4 is 11.6 Å². The number of hydrogen-bond donors (Lipinski definition) is 1. The topological polar surface area (TPSA) is 59.4 Å². The summed E-state index contributed by atoms with van der Waals surface area (Å²) in [6.07, 6.45) is 2.73. The molecule has 0 unspecified atom stereocenters. The molecule has 0 aliphatic carbocycles. The summed E-state index contributed by atoms with van der Waals surface area (Å²) >= 11 is 0. The minimum absolute atomic E-state index is 0.212. The fraction of sp³-hybridized carbons (Fsp3) is 0.185. The molecular weight excluding hydrogens is 412 g/mol. The summed E-state index contributed by atoms with van der Waals surface area (Å²) < 4.78 is 7.10. The van der Waals surface area contributed by atoms with Crippen molar-refractivity contribution in [1.29, 1.82) is 0 Å². The van der Waals surface area contributed by atoms with Crippen molar-refractivity contribution < 1.29 is 9.53 Å². The molecule has 0 saturated carbocycles. The summed E-state index contributed by atoms with van der Waals surface area (Å²) in [4.78, 5) is 15.5. The molecule has 6 nitrogen and oxygen atoms in total. The molecule has 168 valence electrons. The predicted octanol–water partition coefficient (Wildman–Crippen LogP) is 4.90. The van der Waals surface area contributed by atoms with Gasteiger partial charge in [-0.3, -0.25) is 4.79 Å². The van der Waals surface area contributed by atoms with Gasteiger partial charge in [0.15, 0.2) is 0 Å². The molecule has 6 heteroatoms. The quantitative estimate of drug-likeness (QED) is 0.423. The Labute approximate surface area is 194 Å². The summed E-state index contributed by atoms with van der Waals surface area (Å²) in [5.41, 5.74) is 4.76. The highest BCUT2D eigenvalue weighted by Gasteiger charge is 2.19. The molecule has 1 aromatic heterocycles. The lowest BCUT2D eigenvalue weighted by molar-refractivity contribution is 0.102. The van der Waals surface area contributed by atoms with Gasteiger partial charge in [-0.2, -0.15) is 5.10 Å². The Bertz CT molecular complexity index is 1210. The van der Waals surface area contributed by atoms with Crippen LogP contribution in [0.15, 0.2) is 85.1 Å². The van der Waals surface area contributed by atoms with Crippen LogP contribution in [0.3, 0.4) is 0 Å². The Morgan fingerprint density at radius 3 is 2.45 bits per heavy atom. The van der Waals surface area contributed by atoms with E-state index in [9.17, 15) is 4.79 Å². The van der Waals surface area contributed by atoms with E-state index >= 15 is 0 Å². The Balaban J connectivity index is 1.64. The van der Waals surface area contributed by atoms with Gasteiger partial charge in [0, 0.05) is 24.0 Å². The molecule has 1 heterocycles. The van der Waals surface area contributed by atoms with E-state index in [1.165, 1.54) is 5.56 Å². The third-order valence-electron chi connectivity index (χ3n) is 5.38. The lowest BCUT2D eigenvalue weighted by Crippen LogP contribution is -2.15. The van der Waals surface area contributed by atoms with E-state index in [2.05, 4.69) is 36.4 Å². The second-order valence-electron chi connectivity index (χ2n) is 8.11. The summed E-state index contributed by atoms with van der Waals surface area (Å²) in [6.45, 7) is 0.980. The molecule has 0 bridgehead atoms. The van der Waals surface area contributed by atoms with Crippen molar-refractivity contribution in [3.63, 3.8) is 0 Å². The van der Waals surface area contributed by atoms with E-state index in [1.807, 2.05) is 66.7 Å². The van der Waals surface area contributed by atoms with E-state index in [1.54, 1.807) is 18.0 Å². The van der Waals surface area contributed by atoms with Crippen molar-refractivity contribution in [2.75, 3.05) is 33.1 Å². The van der Waals surface area contributed by atoms with E-state index in [-0.39, 0.29) is 5.91 Å². The largest absolute Gasteiger partial charge is 0.497 e. The standard InChI is InChI=1S/C27H28N4O2/c1-30(2)17-16-20-12-14-22(15-13-20)28-27(32)25-19-31(23-9-5-4-6-10-23)29-26(25)21-8-7-11-24(18-21)33-3/h4-15,18-19H,16-17H2,1-3H3,(H,28,32). The number of likely N-dealkylation sites (N-methyl/N-ethyl adjacent to an activating group) is 1. The van der Waals surface area contributed by atoms with Gasteiger partial charge in [0.05, 0.1) is 18.4 Å². The number of benzene rings is 3. The van der Waals surface area contributed by atoms with Crippen LogP contribution in [0.1, 0.15) is 15.9 Å². The highest BCUT2D eigenvalue weighted by atomic mass is 16.5. The molecule has 0 fully saturated rings. The fourth-order valence-corrected chi connectivity index (χ4v) is 3.54. The Morgan fingerprint density at radius 2 is 1.76 bits per heavy atom. The monoisotopic (exact) mass is 440 g/mol. The number of hydrogen-bond acceptors (Lipinski definition) is 4. The van der Waals surface area contributed by atoms with Crippen molar-refractivity contribution in [3.8, 4) is 22.7 Å². The third kappa shape index (κ3) is 5.48. The molecule has 3 aromatic carbocycles. The number of methoxy groups -OCH3 is 1. The van der Waals surface area contributed by atoms with Gasteiger partial charge in [0.2, 0.25) is 0 Å². The molecule has 0 aliphatic rings. The van der Waals surface area contributed by atoms with Gasteiger partial charge in [-0.25, -0.2) is 4.68 Å². The fourth-order valence-electron chi connectivity index (χ4n) is 3.54. The molecule has 33 heavy (non-hydrogen) atoms. The minimum atomic E-state index is -0.212. The SMILES string of the molecule is COc1cccc(-c2nn(-c3ccccc3)cc2C(=O)Nc2ccc(CCN(C)C)cc2)c1. The highest BCUT2D eigenvalue weighted by molar-refractivity contribution is 6.08. The van der Waals surface area contributed by atoms with Gasteiger partial charge in [-0.1, -0.05) is 42.5 Å². The second-order valence-corrected chi connectivity index (χ2v) is 8.11. The second kappa shape index (κ2) is 10.1. The average Bonchev–Trinajstić information content (AvgIpc) is 3.30. The molecule has 4 aromatic rings. The van der Waals surface area contributed by atoms with Crippen LogP contribution in [0, 0.1) is 0 Å². The van der Waals surface area contributed by atoms with Crippen LogP contribution < -0.4 is 10.1 Å². The van der Waals surface area contributed by atoms with Gasteiger partial charge in [-0.05, 0) is 62.5 Å². The Kier molecular flexibility index (Phi) is 6.86. The summed E-state index contributed by atoms with van der Waals surface area (Å²) in [7, 11) is 5.74. The lowest BCUT2D eigenvalue weighted by Gasteiger charge is -2.10. The molecule has 0 saturated heterocycles. The zero-order valence-corrected chi connectivity index (χ0v) is 19.2. The number of anilines is 1. The smallest absolute Gasteiger partial charge is 0.259 e. The maximum atomic E-state index is 13.3. The van der Waals surface area contributed by atoms with Crippen molar-refractivity contribution in [2.45, 2.75) is 6.42 Å². The number of aromatic nitrogens is 2. The molecule has 0 radical (unpaired) electrons. The Hall–Kier alpha value is -3.90. The molecule has 1 N–H and O–H groups in total. The molecule has 0 atom stereocenters. The number of para-hydroxylation sites is 1. The van der Waals surface area contributed by atoms with Crippen LogP contribution >= 0.6 is 0 Å². The third-order valence-corrected chi connectivity index (χ3v) is 5.38. The lowest BCUT2D eigenvalue weighted by atomic mass is 10.1. The molecule has 0 aliphatic heterocycles. The number of rotatable bonds is 8. The van der Waals surface area contributed by atoms with Gasteiger partial charge in [0.25, 0.3) is 5.91 Å². The van der Waals surface area contributed by atoms with Crippen LogP contribution in [-0.2, 0) is 6.42 Å². The first-order valence-corrected chi connectivity index (χ1v) is 10.9. The van der Waals surface area contributed by atoms with E-state index < -0.39 is 0 Å². The predicted molar refractivity (Wildman–Crippen MR) is 132 cm³/mol. The normalized spacial score (nSPS) is 10.9. The van der Waals surface area contributed by atoms with Crippen molar-refractivity contribution in [3.05, 3.63) is 96.2 Å². The summed E-state index contributed by atoms with van der Waals surface area (Å²) in [5, 5.41) is 7.76. The molecule has 1 amide bonds. The summed E-state index contributed by atoms with van der Waals surface area (Å²) in [6, 6.07) is 25.3. The zero-order valence-electron chi connectivity index (χ0n) is 19.2. The van der Waals surface area contributed by atoms with Crippen molar-refractivity contribution in [2.24, 2.45) is 0 Å². The summed E-state index contributed by atoms with van der Waals surface area (Å²) in [5.74, 6) is 0.498. The van der Waals surface area contributed by atoms with Crippen LogP contribution in [0.2, 0.25) is 0 Å². The van der Waals surface area contributed by atoms with Crippen LogP contribution in [0.25, 0.3) is 16.9 Å². The Morgan fingerprint density at radius 1 is 1.00 bits per heavy atom. The van der Waals surface area contributed by atoms with E-state index in [0.29, 0.717) is 17.0 Å². The first-order valence-electron chi connectivity index (χ1n) is 10.9. The first kappa shape index (κ1) is 22.3. The van der Waals surface area contributed by atoms with Gasteiger partial charge < -0.3 is 15.0 Å². The van der Waals surface area contributed by atoms with E-state index in [4.69, 9.17) is 9.84 Å². The van der Waals surface area contributed by atoms with Gasteiger partial charge in [-0.15, -0.1) is 0 Å². The minimum Gasteiger partial charge on any atom is -0.497 e. The molecular formula is C27H28N4O2. The van der Waals surface area contributed by atoms with Gasteiger partial charge >= 0.3 is 0 Å². The number of carbonyl (C=O) groups excluding carboxylic acids is 1. The average molecular weight is 441 g/mol. The highest BCUT2D eigenvalue weighted by Crippen LogP contribution is 2.27. The number of carbonyl (C=O) groups is 1. The number of ether oxygens (including phenoxy) is 1. The maximum Gasteiger partial charge on any atom is 0.259 e. The van der Waals surface area contributed by atoms with E-state index in [0.717, 1.165) is 29.9 Å². The van der Waals surface area contributed by atoms with Crippen molar-refractivity contribution in [1.82, 2.24) is 14.7 Å². The molecule has 0 spiro atoms. The molecule has 4 rings (SSSR count). The van der Waals surface area contributed by atoms with Crippen LogP contribution in [-0.4, -0.2) is 48.3 Å². The van der Waals surface area contributed by atoms with Gasteiger partial charge in [0.1, 0.15) is 11.4 Å². The first-order chi connectivity index (χ1) is 16.0. The zero-order chi connectivity index (χ0) is 23.2.